The maximum Gasteiger partial charge on any atom is 0.196 e. The molecule has 0 aromatic heterocycles. The predicted octanol–water partition coefficient (Wildman–Crippen LogP) is 1.96. The summed E-state index contributed by atoms with van der Waals surface area (Å²) in [6.07, 6.45) is 3.69. The van der Waals surface area contributed by atoms with Gasteiger partial charge in [0.05, 0.1) is 12.1 Å². The van der Waals surface area contributed by atoms with Crippen LogP contribution in [0.5, 0.6) is 0 Å². The maximum atomic E-state index is 13.2. The summed E-state index contributed by atoms with van der Waals surface area (Å²) in [5.41, 5.74) is 7.04. The first-order valence-corrected chi connectivity index (χ1v) is 7.71. The minimum atomic E-state index is -0.220. The van der Waals surface area contributed by atoms with Gasteiger partial charge in [0.1, 0.15) is 5.82 Å². The number of nitrogens with zero attached hydrogens (tertiary/aromatic N) is 3. The van der Waals surface area contributed by atoms with Crippen molar-refractivity contribution in [3.63, 3.8) is 0 Å². The van der Waals surface area contributed by atoms with Crippen molar-refractivity contribution in [2.45, 2.75) is 43.8 Å². The van der Waals surface area contributed by atoms with Gasteiger partial charge in [0.25, 0.3) is 0 Å². The number of guanidine groups is 1. The Morgan fingerprint density at radius 3 is 2.67 bits per heavy atom. The van der Waals surface area contributed by atoms with Gasteiger partial charge >= 0.3 is 0 Å². The third-order valence-corrected chi connectivity index (χ3v) is 5.06. The number of hydrogen-bond acceptors (Lipinski definition) is 4. The minimum absolute atomic E-state index is 0.0517. The molecule has 1 aromatic rings. The highest BCUT2D eigenvalue weighted by molar-refractivity contribution is 5.98. The minimum Gasteiger partial charge on any atom is -0.369 e. The molecule has 0 bridgehead atoms. The molecule has 4 nitrogen and oxygen atoms in total. The summed E-state index contributed by atoms with van der Waals surface area (Å²) in [6.45, 7) is 4.04. The summed E-state index contributed by atoms with van der Waals surface area (Å²) in [6, 6.07) is 7.89. The summed E-state index contributed by atoms with van der Waals surface area (Å²) in [5.74, 6) is 0.341. The smallest absolute Gasteiger partial charge is 0.196 e. The molecule has 1 saturated heterocycles. The summed E-state index contributed by atoms with van der Waals surface area (Å²) < 4.78 is 13.2. The van der Waals surface area contributed by atoms with E-state index in [1.807, 2.05) is 0 Å². The van der Waals surface area contributed by atoms with Gasteiger partial charge in [0.15, 0.2) is 5.96 Å². The topological polar surface area (TPSA) is 44.9 Å². The van der Waals surface area contributed by atoms with Gasteiger partial charge in [-0.05, 0) is 50.5 Å². The highest BCUT2D eigenvalue weighted by Crippen LogP contribution is 2.43. The second-order valence-corrected chi connectivity index (χ2v) is 6.67. The fraction of sp³-hybridized carbons (Fsp3) is 0.562. The first-order valence-electron chi connectivity index (χ1n) is 7.71. The van der Waals surface area contributed by atoms with Gasteiger partial charge in [-0.15, -0.1) is 0 Å². The Bertz CT molecular complexity index is 580. The third-order valence-electron chi connectivity index (χ3n) is 5.06. The lowest BCUT2D eigenvalue weighted by molar-refractivity contribution is 0.251. The van der Waals surface area contributed by atoms with Crippen LogP contribution in [-0.4, -0.2) is 41.6 Å². The lowest BCUT2D eigenvalue weighted by Crippen LogP contribution is -2.53. The predicted molar refractivity (Wildman–Crippen MR) is 81.9 cm³/mol. The fourth-order valence-corrected chi connectivity index (χ4v) is 4.01. The molecule has 2 heterocycles. The SMILES string of the molecule is CC1CC2(CN=C(N)N2c2ccc(F)cc2)CN1C1CC1. The molecule has 1 aromatic carbocycles. The number of nitrogens with two attached hydrogens (primary N) is 1. The molecule has 2 aliphatic heterocycles. The summed E-state index contributed by atoms with van der Waals surface area (Å²) in [5, 5.41) is 0. The molecular weight excluding hydrogens is 267 g/mol. The van der Waals surface area contributed by atoms with Crippen LogP contribution in [-0.2, 0) is 0 Å². The van der Waals surface area contributed by atoms with E-state index < -0.39 is 0 Å². The number of rotatable bonds is 2. The van der Waals surface area contributed by atoms with Crippen molar-refractivity contribution in [3.8, 4) is 0 Å². The Morgan fingerprint density at radius 1 is 1.29 bits per heavy atom. The van der Waals surface area contributed by atoms with E-state index in [0.29, 0.717) is 12.0 Å². The maximum absolute atomic E-state index is 13.2. The molecule has 2 unspecified atom stereocenters. The zero-order valence-electron chi connectivity index (χ0n) is 12.3. The van der Waals surface area contributed by atoms with Crippen molar-refractivity contribution >= 4 is 11.6 Å². The van der Waals surface area contributed by atoms with E-state index in [1.165, 1.54) is 25.0 Å². The van der Waals surface area contributed by atoms with Crippen LogP contribution in [0, 0.1) is 5.82 Å². The van der Waals surface area contributed by atoms with Gasteiger partial charge in [-0.2, -0.15) is 0 Å². The molecule has 1 spiro atoms. The average Bonchev–Trinajstić information content (AvgIpc) is 3.18. The molecule has 4 rings (SSSR count). The second kappa shape index (κ2) is 4.44. The Kier molecular flexibility index (Phi) is 2.76. The highest BCUT2D eigenvalue weighted by atomic mass is 19.1. The van der Waals surface area contributed by atoms with Gasteiger partial charge in [0.2, 0.25) is 0 Å². The molecule has 1 aliphatic carbocycles. The quantitative estimate of drug-likeness (QED) is 0.905. The molecule has 2 fully saturated rings. The molecular formula is C16H21FN4. The van der Waals surface area contributed by atoms with E-state index >= 15 is 0 Å². The van der Waals surface area contributed by atoms with Crippen molar-refractivity contribution in [2.75, 3.05) is 18.0 Å². The number of halogens is 1. The largest absolute Gasteiger partial charge is 0.369 e. The van der Waals surface area contributed by atoms with Gasteiger partial charge in [-0.1, -0.05) is 0 Å². The lowest BCUT2D eigenvalue weighted by Gasteiger charge is -2.36. The fourth-order valence-electron chi connectivity index (χ4n) is 4.01. The molecule has 21 heavy (non-hydrogen) atoms. The molecule has 2 N–H and O–H groups in total. The van der Waals surface area contributed by atoms with Crippen molar-refractivity contribution < 1.29 is 4.39 Å². The summed E-state index contributed by atoms with van der Waals surface area (Å²) in [7, 11) is 0. The van der Waals surface area contributed by atoms with Crippen LogP contribution in [0.4, 0.5) is 10.1 Å². The van der Waals surface area contributed by atoms with E-state index in [0.717, 1.165) is 31.2 Å². The number of benzene rings is 1. The van der Waals surface area contributed by atoms with Crippen LogP contribution in [0.15, 0.2) is 29.3 Å². The van der Waals surface area contributed by atoms with Gasteiger partial charge in [-0.3, -0.25) is 9.89 Å². The number of hydrogen-bond donors (Lipinski definition) is 1. The molecule has 3 aliphatic rings. The zero-order valence-corrected chi connectivity index (χ0v) is 12.3. The standard InChI is InChI=1S/C16H21FN4/c1-11-8-16(10-20(11)13-6-7-13)9-19-15(18)21(16)14-4-2-12(17)3-5-14/h2-5,11,13H,6-10H2,1H3,(H2,18,19). The third kappa shape index (κ3) is 2.02. The zero-order chi connectivity index (χ0) is 14.6. The average molecular weight is 288 g/mol. The van der Waals surface area contributed by atoms with E-state index in [-0.39, 0.29) is 11.4 Å². The molecule has 2 atom stereocenters. The number of likely N-dealkylation sites (tertiary alicyclic amines) is 1. The van der Waals surface area contributed by atoms with Crippen molar-refractivity contribution in [3.05, 3.63) is 30.1 Å². The summed E-state index contributed by atoms with van der Waals surface area (Å²) in [4.78, 5) is 9.23. The molecule has 0 radical (unpaired) electrons. The van der Waals surface area contributed by atoms with E-state index in [2.05, 4.69) is 21.7 Å². The van der Waals surface area contributed by atoms with E-state index in [9.17, 15) is 4.39 Å². The molecule has 112 valence electrons. The highest BCUT2D eigenvalue weighted by Gasteiger charge is 2.53. The first kappa shape index (κ1) is 13.1. The second-order valence-electron chi connectivity index (χ2n) is 6.67. The Labute approximate surface area is 124 Å². The Hall–Kier alpha value is -1.62. The van der Waals surface area contributed by atoms with Crippen LogP contribution in [0.2, 0.25) is 0 Å². The summed E-state index contributed by atoms with van der Waals surface area (Å²) >= 11 is 0. The lowest BCUT2D eigenvalue weighted by atomic mass is 9.94. The number of anilines is 1. The van der Waals surface area contributed by atoms with Crippen LogP contribution in [0.25, 0.3) is 0 Å². The molecule has 0 amide bonds. The van der Waals surface area contributed by atoms with Gasteiger partial charge in [-0.25, -0.2) is 4.39 Å². The Balaban J connectivity index is 1.67. The molecule has 5 heteroatoms. The van der Waals surface area contributed by atoms with Crippen molar-refractivity contribution in [1.82, 2.24) is 4.90 Å². The van der Waals surface area contributed by atoms with Crippen molar-refractivity contribution in [2.24, 2.45) is 10.7 Å². The van der Waals surface area contributed by atoms with Crippen molar-refractivity contribution in [1.29, 1.82) is 0 Å². The number of aliphatic imine (C=N–C) groups is 1. The Morgan fingerprint density at radius 2 is 2.00 bits per heavy atom. The van der Waals surface area contributed by atoms with Crippen LogP contribution in [0.1, 0.15) is 26.2 Å². The van der Waals surface area contributed by atoms with Crippen LogP contribution >= 0.6 is 0 Å². The van der Waals surface area contributed by atoms with E-state index in [4.69, 9.17) is 5.73 Å². The monoisotopic (exact) mass is 288 g/mol. The van der Waals surface area contributed by atoms with Gasteiger partial charge < -0.3 is 10.6 Å². The van der Waals surface area contributed by atoms with Crippen LogP contribution in [0.3, 0.4) is 0 Å². The van der Waals surface area contributed by atoms with E-state index in [1.54, 1.807) is 12.1 Å². The first-order chi connectivity index (χ1) is 10.1. The normalized spacial score (nSPS) is 33.0. The van der Waals surface area contributed by atoms with Gasteiger partial charge in [0, 0.05) is 24.3 Å². The molecule has 1 saturated carbocycles. The van der Waals surface area contributed by atoms with Crippen LogP contribution < -0.4 is 10.6 Å².